The molecule has 0 aliphatic heterocycles. The molecule has 130 valence electrons. The third kappa shape index (κ3) is 2.71. The van der Waals surface area contributed by atoms with Gasteiger partial charge in [-0.15, -0.1) is 0 Å². The van der Waals surface area contributed by atoms with E-state index < -0.39 is 11.2 Å². The van der Waals surface area contributed by atoms with Crippen LogP contribution >= 0.6 is 0 Å². The molecule has 0 bridgehead atoms. The fraction of sp³-hybridized carbons (Fsp3) is 0.167. The molecule has 8 heteroatoms. The first-order chi connectivity index (χ1) is 12.5. The Kier molecular flexibility index (Phi) is 3.72. The Balaban J connectivity index is 2.00. The second-order valence-electron chi connectivity index (χ2n) is 6.10. The summed E-state index contributed by atoms with van der Waals surface area (Å²) in [6.07, 6.45) is 3.17. The predicted octanol–water partition coefficient (Wildman–Crippen LogP) is 1.54. The van der Waals surface area contributed by atoms with Crippen LogP contribution in [0.1, 0.15) is 16.8 Å². The Morgan fingerprint density at radius 1 is 1.00 bits per heavy atom. The van der Waals surface area contributed by atoms with Crippen molar-refractivity contribution in [3.8, 4) is 11.5 Å². The molecule has 4 aromatic rings. The number of hydrogen-bond acceptors (Lipinski definition) is 5. The highest BCUT2D eigenvalue weighted by atomic mass is 16.2. The lowest BCUT2D eigenvalue weighted by atomic mass is 10.1. The fourth-order valence-electron chi connectivity index (χ4n) is 2.91. The zero-order valence-corrected chi connectivity index (χ0v) is 14.3. The van der Waals surface area contributed by atoms with E-state index in [1.807, 2.05) is 38.1 Å². The number of nitrogens with zero attached hydrogens (tertiary/aromatic N) is 4. The summed E-state index contributed by atoms with van der Waals surface area (Å²) in [5, 5.41) is 0. The van der Waals surface area contributed by atoms with E-state index >= 15 is 0 Å². The van der Waals surface area contributed by atoms with Gasteiger partial charge in [0.1, 0.15) is 5.69 Å². The highest BCUT2D eigenvalue weighted by molar-refractivity contribution is 5.76. The molecule has 8 nitrogen and oxygen atoms in total. The summed E-state index contributed by atoms with van der Waals surface area (Å²) in [7, 11) is 0. The summed E-state index contributed by atoms with van der Waals surface area (Å²) >= 11 is 0. The number of hydrogen-bond donors (Lipinski definition) is 2. The number of aryl methyl sites for hydroxylation is 2. The van der Waals surface area contributed by atoms with Crippen LogP contribution in [0, 0.1) is 13.8 Å². The first-order valence-electron chi connectivity index (χ1n) is 8.09. The number of aromatic amines is 2. The molecule has 3 aromatic heterocycles. The van der Waals surface area contributed by atoms with Crippen LogP contribution in [-0.2, 0) is 6.54 Å². The number of rotatable bonds is 3. The van der Waals surface area contributed by atoms with Crippen molar-refractivity contribution in [2.75, 3.05) is 0 Å². The van der Waals surface area contributed by atoms with Crippen LogP contribution in [-0.4, -0.2) is 29.5 Å². The van der Waals surface area contributed by atoms with E-state index in [-0.39, 0.29) is 5.65 Å². The molecule has 0 radical (unpaired) electrons. The van der Waals surface area contributed by atoms with Crippen LogP contribution in [0.5, 0.6) is 0 Å². The molecule has 2 N–H and O–H groups in total. The summed E-state index contributed by atoms with van der Waals surface area (Å²) in [5.41, 5.74) is 2.85. The number of H-pyrrole nitrogens is 2. The SMILES string of the molecule is Cc1ccc(Cn2c(-c3nccnc3C)nc3[nH]c(=O)[nH]c(=O)c32)cc1. The Bertz CT molecular complexity index is 1220. The van der Waals surface area contributed by atoms with Gasteiger partial charge in [0.2, 0.25) is 0 Å². The lowest BCUT2D eigenvalue weighted by molar-refractivity contribution is 0.821. The molecule has 0 aliphatic carbocycles. The smallest absolute Gasteiger partial charge is 0.312 e. The maximum Gasteiger partial charge on any atom is 0.327 e. The van der Waals surface area contributed by atoms with E-state index in [9.17, 15) is 9.59 Å². The zero-order valence-electron chi connectivity index (χ0n) is 14.3. The summed E-state index contributed by atoms with van der Waals surface area (Å²) in [5.74, 6) is 0.485. The van der Waals surface area contributed by atoms with Gasteiger partial charge >= 0.3 is 5.69 Å². The van der Waals surface area contributed by atoms with Gasteiger partial charge in [0.05, 0.1) is 5.69 Å². The maximum absolute atomic E-state index is 12.4. The van der Waals surface area contributed by atoms with Crippen LogP contribution in [0.4, 0.5) is 0 Å². The quantitative estimate of drug-likeness (QED) is 0.583. The molecule has 0 saturated heterocycles. The molecule has 0 amide bonds. The molecule has 0 aliphatic rings. The molecule has 1 aromatic carbocycles. The van der Waals surface area contributed by atoms with Gasteiger partial charge in [0.15, 0.2) is 17.0 Å². The lowest BCUT2D eigenvalue weighted by Crippen LogP contribution is -2.23. The molecule has 0 fully saturated rings. The Morgan fingerprint density at radius 2 is 1.73 bits per heavy atom. The minimum absolute atomic E-state index is 0.228. The highest BCUT2D eigenvalue weighted by Crippen LogP contribution is 2.23. The molecule has 0 saturated carbocycles. The van der Waals surface area contributed by atoms with Crippen molar-refractivity contribution in [3.63, 3.8) is 0 Å². The average Bonchev–Trinajstić information content (AvgIpc) is 2.95. The van der Waals surface area contributed by atoms with Crippen LogP contribution in [0.2, 0.25) is 0 Å². The summed E-state index contributed by atoms with van der Waals surface area (Å²) < 4.78 is 1.76. The van der Waals surface area contributed by atoms with Gasteiger partial charge in [0, 0.05) is 18.9 Å². The van der Waals surface area contributed by atoms with Crippen molar-refractivity contribution in [3.05, 3.63) is 74.3 Å². The Morgan fingerprint density at radius 3 is 2.46 bits per heavy atom. The summed E-state index contributed by atoms with van der Waals surface area (Å²) in [6, 6.07) is 8.00. The van der Waals surface area contributed by atoms with E-state index in [0.29, 0.717) is 29.3 Å². The van der Waals surface area contributed by atoms with Crippen molar-refractivity contribution in [2.45, 2.75) is 20.4 Å². The van der Waals surface area contributed by atoms with Crippen LogP contribution in [0.25, 0.3) is 22.7 Å². The van der Waals surface area contributed by atoms with Crippen LogP contribution in [0.3, 0.4) is 0 Å². The van der Waals surface area contributed by atoms with Gasteiger partial charge in [-0.05, 0) is 19.4 Å². The third-order valence-electron chi connectivity index (χ3n) is 4.20. The summed E-state index contributed by atoms with van der Waals surface area (Å²) in [4.78, 5) is 42.0. The van der Waals surface area contributed by atoms with E-state index in [2.05, 4.69) is 24.9 Å². The van der Waals surface area contributed by atoms with Crippen LogP contribution < -0.4 is 11.2 Å². The normalized spacial score (nSPS) is 11.2. The van der Waals surface area contributed by atoms with Gasteiger partial charge in [-0.25, -0.2) is 14.8 Å². The van der Waals surface area contributed by atoms with Crippen molar-refractivity contribution >= 4 is 11.2 Å². The van der Waals surface area contributed by atoms with Crippen molar-refractivity contribution in [2.24, 2.45) is 0 Å². The number of fused-ring (bicyclic) bond motifs is 1. The Hall–Kier alpha value is -3.55. The number of aromatic nitrogens is 6. The van der Waals surface area contributed by atoms with Crippen molar-refractivity contribution < 1.29 is 0 Å². The number of imidazole rings is 1. The third-order valence-corrected chi connectivity index (χ3v) is 4.20. The largest absolute Gasteiger partial charge is 0.327 e. The first kappa shape index (κ1) is 15.9. The van der Waals surface area contributed by atoms with E-state index in [1.54, 1.807) is 17.0 Å². The number of nitrogens with one attached hydrogen (secondary N) is 2. The second-order valence-corrected chi connectivity index (χ2v) is 6.10. The van der Waals surface area contributed by atoms with Gasteiger partial charge < -0.3 is 4.57 Å². The minimum Gasteiger partial charge on any atom is -0.312 e. The monoisotopic (exact) mass is 348 g/mol. The first-order valence-corrected chi connectivity index (χ1v) is 8.09. The van der Waals surface area contributed by atoms with Crippen molar-refractivity contribution in [1.29, 1.82) is 0 Å². The van der Waals surface area contributed by atoms with Gasteiger partial charge in [-0.2, -0.15) is 0 Å². The molecule has 0 atom stereocenters. The van der Waals surface area contributed by atoms with E-state index in [1.165, 1.54) is 0 Å². The average molecular weight is 348 g/mol. The van der Waals surface area contributed by atoms with E-state index in [4.69, 9.17) is 0 Å². The highest BCUT2D eigenvalue weighted by Gasteiger charge is 2.19. The van der Waals surface area contributed by atoms with Gasteiger partial charge in [-0.1, -0.05) is 29.8 Å². The standard InChI is InChI=1S/C18H16N6O2/c1-10-3-5-12(6-4-10)9-24-14-15(22-18(26)23-17(14)25)21-16(24)13-11(2)19-7-8-20-13/h3-8H,9H2,1-2H3,(H2,22,23,25,26). The van der Waals surface area contributed by atoms with Gasteiger partial charge in [0.25, 0.3) is 5.56 Å². The maximum atomic E-state index is 12.4. The zero-order chi connectivity index (χ0) is 18.3. The van der Waals surface area contributed by atoms with Crippen molar-refractivity contribution in [1.82, 2.24) is 29.5 Å². The minimum atomic E-state index is -0.593. The lowest BCUT2D eigenvalue weighted by Gasteiger charge is -2.10. The van der Waals surface area contributed by atoms with Gasteiger partial charge in [-0.3, -0.25) is 19.7 Å². The molecule has 3 heterocycles. The topological polar surface area (TPSA) is 109 Å². The predicted molar refractivity (Wildman–Crippen MR) is 97.0 cm³/mol. The molecule has 26 heavy (non-hydrogen) atoms. The molecule has 4 rings (SSSR count). The molecular weight excluding hydrogens is 332 g/mol. The molecule has 0 spiro atoms. The van der Waals surface area contributed by atoms with E-state index in [0.717, 1.165) is 11.1 Å². The van der Waals surface area contributed by atoms with Crippen LogP contribution in [0.15, 0.2) is 46.2 Å². The molecular formula is C18H16N6O2. The molecule has 0 unspecified atom stereocenters. The summed E-state index contributed by atoms with van der Waals surface area (Å²) in [6.45, 7) is 4.25. The fourth-order valence-corrected chi connectivity index (χ4v) is 2.91. The number of benzene rings is 1. The Labute approximate surface area is 147 Å². The second kappa shape index (κ2) is 6.07.